The summed E-state index contributed by atoms with van der Waals surface area (Å²) in [6.45, 7) is 5.50. The van der Waals surface area contributed by atoms with Crippen molar-refractivity contribution in [2.75, 3.05) is 12.3 Å². The van der Waals surface area contributed by atoms with Gasteiger partial charge in [-0.1, -0.05) is 19.1 Å². The van der Waals surface area contributed by atoms with Crippen molar-refractivity contribution >= 4 is 11.6 Å². The quantitative estimate of drug-likeness (QED) is 0.841. The van der Waals surface area contributed by atoms with E-state index < -0.39 is 0 Å². The molecule has 0 aliphatic carbocycles. The standard InChI is InChI=1S/C16H24N2O2/c1-3-10-18(11-13-5-7-14(17)8-6-13)16(19)15-9-4-12(2)20-15/h5-8,12,15H,3-4,9-11,17H2,1-2H3. The van der Waals surface area contributed by atoms with E-state index in [1.165, 1.54) is 0 Å². The van der Waals surface area contributed by atoms with Gasteiger partial charge in [0.25, 0.3) is 5.91 Å². The number of carbonyl (C=O) groups is 1. The van der Waals surface area contributed by atoms with Crippen LogP contribution < -0.4 is 5.73 Å². The Labute approximate surface area is 120 Å². The van der Waals surface area contributed by atoms with E-state index in [4.69, 9.17) is 10.5 Å². The summed E-state index contributed by atoms with van der Waals surface area (Å²) in [5.74, 6) is 0.119. The predicted molar refractivity (Wildman–Crippen MR) is 80.1 cm³/mol. The maximum absolute atomic E-state index is 12.5. The Morgan fingerprint density at radius 1 is 1.35 bits per heavy atom. The number of benzene rings is 1. The fourth-order valence-corrected chi connectivity index (χ4v) is 2.57. The third-order valence-corrected chi connectivity index (χ3v) is 3.67. The molecule has 2 atom stereocenters. The summed E-state index contributed by atoms with van der Waals surface area (Å²) in [6, 6.07) is 7.70. The van der Waals surface area contributed by atoms with Crippen LogP contribution in [0.15, 0.2) is 24.3 Å². The number of nitrogens with two attached hydrogens (primary N) is 1. The molecule has 1 heterocycles. The normalized spacial score (nSPS) is 21.9. The highest BCUT2D eigenvalue weighted by Crippen LogP contribution is 2.22. The summed E-state index contributed by atoms with van der Waals surface area (Å²) < 4.78 is 5.70. The zero-order valence-electron chi connectivity index (χ0n) is 12.3. The van der Waals surface area contributed by atoms with E-state index in [0.717, 1.165) is 37.1 Å². The van der Waals surface area contributed by atoms with Crippen LogP contribution in [-0.4, -0.2) is 29.6 Å². The topological polar surface area (TPSA) is 55.6 Å². The summed E-state index contributed by atoms with van der Waals surface area (Å²) in [7, 11) is 0. The number of anilines is 1. The number of amides is 1. The van der Waals surface area contributed by atoms with Gasteiger partial charge in [0.1, 0.15) is 6.10 Å². The van der Waals surface area contributed by atoms with Crippen LogP contribution in [0.3, 0.4) is 0 Å². The third-order valence-electron chi connectivity index (χ3n) is 3.67. The molecule has 1 fully saturated rings. The van der Waals surface area contributed by atoms with Gasteiger partial charge in [-0.25, -0.2) is 0 Å². The number of ether oxygens (including phenoxy) is 1. The molecule has 1 aromatic rings. The van der Waals surface area contributed by atoms with Crippen LogP contribution >= 0.6 is 0 Å². The molecule has 1 aliphatic rings. The minimum Gasteiger partial charge on any atom is -0.399 e. The monoisotopic (exact) mass is 276 g/mol. The highest BCUT2D eigenvalue weighted by atomic mass is 16.5. The van der Waals surface area contributed by atoms with E-state index in [1.54, 1.807) is 0 Å². The first-order valence-corrected chi connectivity index (χ1v) is 7.38. The summed E-state index contributed by atoms with van der Waals surface area (Å²) >= 11 is 0. The molecular weight excluding hydrogens is 252 g/mol. The lowest BCUT2D eigenvalue weighted by atomic mass is 10.1. The molecule has 2 unspecified atom stereocenters. The van der Waals surface area contributed by atoms with Gasteiger partial charge in [0, 0.05) is 18.8 Å². The molecule has 0 saturated carbocycles. The van der Waals surface area contributed by atoms with E-state index in [2.05, 4.69) is 6.92 Å². The molecule has 0 bridgehead atoms. The zero-order chi connectivity index (χ0) is 14.5. The summed E-state index contributed by atoms with van der Waals surface area (Å²) in [5, 5.41) is 0. The van der Waals surface area contributed by atoms with Crippen molar-refractivity contribution in [3.8, 4) is 0 Å². The largest absolute Gasteiger partial charge is 0.399 e. The smallest absolute Gasteiger partial charge is 0.252 e. The summed E-state index contributed by atoms with van der Waals surface area (Å²) in [5.41, 5.74) is 7.54. The predicted octanol–water partition coefficient (Wildman–Crippen LogP) is 2.57. The molecule has 2 rings (SSSR count). The molecular formula is C16H24N2O2. The van der Waals surface area contributed by atoms with E-state index >= 15 is 0 Å². The number of hydrogen-bond donors (Lipinski definition) is 1. The SMILES string of the molecule is CCCN(Cc1ccc(N)cc1)C(=O)C1CCC(C)O1. The third kappa shape index (κ3) is 3.73. The molecule has 1 amide bonds. The number of carbonyl (C=O) groups excluding carboxylic acids is 1. The van der Waals surface area contributed by atoms with Crippen LogP contribution in [0.2, 0.25) is 0 Å². The molecule has 20 heavy (non-hydrogen) atoms. The average Bonchev–Trinajstić information content (AvgIpc) is 2.86. The first-order chi connectivity index (χ1) is 9.60. The fraction of sp³-hybridized carbons (Fsp3) is 0.562. The van der Waals surface area contributed by atoms with Crippen molar-refractivity contribution in [2.24, 2.45) is 0 Å². The highest BCUT2D eigenvalue weighted by Gasteiger charge is 2.31. The lowest BCUT2D eigenvalue weighted by Gasteiger charge is -2.25. The molecule has 2 N–H and O–H groups in total. The van der Waals surface area contributed by atoms with E-state index in [-0.39, 0.29) is 18.1 Å². The molecule has 0 aromatic heterocycles. The van der Waals surface area contributed by atoms with Crippen LogP contribution in [0.4, 0.5) is 5.69 Å². The summed E-state index contributed by atoms with van der Waals surface area (Å²) in [6.07, 6.45) is 2.69. The van der Waals surface area contributed by atoms with Crippen LogP contribution in [0, 0.1) is 0 Å². The first kappa shape index (κ1) is 14.9. The van der Waals surface area contributed by atoms with Crippen LogP contribution in [0.5, 0.6) is 0 Å². The Balaban J connectivity index is 2.02. The fourth-order valence-electron chi connectivity index (χ4n) is 2.57. The molecule has 1 aromatic carbocycles. The minimum atomic E-state index is -0.259. The van der Waals surface area contributed by atoms with Gasteiger partial charge in [-0.3, -0.25) is 4.79 Å². The van der Waals surface area contributed by atoms with Crippen LogP contribution in [-0.2, 0) is 16.1 Å². The van der Waals surface area contributed by atoms with Gasteiger partial charge in [0.2, 0.25) is 0 Å². The Morgan fingerprint density at radius 2 is 2.05 bits per heavy atom. The van der Waals surface area contributed by atoms with Gasteiger partial charge in [-0.15, -0.1) is 0 Å². The average molecular weight is 276 g/mol. The Kier molecular flexibility index (Phi) is 5.01. The first-order valence-electron chi connectivity index (χ1n) is 7.38. The van der Waals surface area contributed by atoms with Gasteiger partial charge in [-0.05, 0) is 43.9 Å². The molecule has 0 radical (unpaired) electrons. The van der Waals surface area contributed by atoms with E-state index in [9.17, 15) is 4.79 Å². The van der Waals surface area contributed by atoms with Gasteiger partial charge in [0.05, 0.1) is 6.10 Å². The minimum absolute atomic E-state index is 0.119. The second kappa shape index (κ2) is 6.75. The number of hydrogen-bond acceptors (Lipinski definition) is 3. The van der Waals surface area contributed by atoms with Gasteiger partial charge < -0.3 is 15.4 Å². The van der Waals surface area contributed by atoms with E-state index in [0.29, 0.717) is 6.54 Å². The second-order valence-corrected chi connectivity index (χ2v) is 5.51. The highest BCUT2D eigenvalue weighted by molar-refractivity contribution is 5.81. The second-order valence-electron chi connectivity index (χ2n) is 5.51. The number of nitrogen functional groups attached to an aromatic ring is 1. The molecule has 4 heteroatoms. The lowest BCUT2D eigenvalue weighted by Crippen LogP contribution is -2.39. The van der Waals surface area contributed by atoms with Crippen LogP contribution in [0.25, 0.3) is 0 Å². The van der Waals surface area contributed by atoms with Crippen molar-refractivity contribution in [3.63, 3.8) is 0 Å². The lowest BCUT2D eigenvalue weighted by molar-refractivity contribution is -0.143. The number of nitrogens with zero attached hydrogens (tertiary/aromatic N) is 1. The van der Waals surface area contributed by atoms with Crippen molar-refractivity contribution in [3.05, 3.63) is 29.8 Å². The van der Waals surface area contributed by atoms with Crippen molar-refractivity contribution in [1.82, 2.24) is 4.90 Å². The molecule has 1 saturated heterocycles. The molecule has 110 valence electrons. The molecule has 4 nitrogen and oxygen atoms in total. The van der Waals surface area contributed by atoms with Crippen molar-refractivity contribution in [1.29, 1.82) is 0 Å². The maximum Gasteiger partial charge on any atom is 0.252 e. The van der Waals surface area contributed by atoms with Crippen molar-refractivity contribution < 1.29 is 9.53 Å². The van der Waals surface area contributed by atoms with Gasteiger partial charge in [0.15, 0.2) is 0 Å². The number of rotatable bonds is 5. The van der Waals surface area contributed by atoms with Crippen molar-refractivity contribution in [2.45, 2.75) is 51.9 Å². The Morgan fingerprint density at radius 3 is 2.60 bits per heavy atom. The van der Waals surface area contributed by atoms with Crippen LogP contribution in [0.1, 0.15) is 38.7 Å². The Bertz CT molecular complexity index is 444. The van der Waals surface area contributed by atoms with E-state index in [1.807, 2.05) is 36.1 Å². The summed E-state index contributed by atoms with van der Waals surface area (Å²) in [4.78, 5) is 14.4. The Hall–Kier alpha value is -1.55. The maximum atomic E-state index is 12.5. The zero-order valence-corrected chi connectivity index (χ0v) is 12.3. The molecule has 1 aliphatic heterocycles. The molecule has 0 spiro atoms. The van der Waals surface area contributed by atoms with Gasteiger partial charge in [-0.2, -0.15) is 0 Å². The van der Waals surface area contributed by atoms with Gasteiger partial charge >= 0.3 is 0 Å².